The SMILES string of the molecule is COC(=O)[C@@H]1CC(S(=O)(=O)c2ccccc2Cl)CN1. The molecule has 5 nitrogen and oxygen atoms in total. The minimum Gasteiger partial charge on any atom is -0.468 e. The van der Waals surface area contributed by atoms with Gasteiger partial charge in [-0.05, 0) is 18.6 Å². The summed E-state index contributed by atoms with van der Waals surface area (Å²) in [5, 5.41) is 2.38. The van der Waals surface area contributed by atoms with Crippen molar-refractivity contribution in [3.63, 3.8) is 0 Å². The van der Waals surface area contributed by atoms with E-state index in [0.717, 1.165) is 0 Å². The van der Waals surface area contributed by atoms with E-state index in [9.17, 15) is 13.2 Å². The summed E-state index contributed by atoms with van der Waals surface area (Å²) < 4.78 is 29.5. The second kappa shape index (κ2) is 5.48. The van der Waals surface area contributed by atoms with E-state index in [-0.39, 0.29) is 22.9 Å². The first-order valence-electron chi connectivity index (χ1n) is 5.76. The standard InChI is InChI=1S/C12H14ClNO4S/c1-18-12(15)10-6-8(7-14-10)19(16,17)11-5-3-2-4-9(11)13/h2-5,8,10,14H,6-7H2,1H3/t8?,10-/m0/s1. The van der Waals surface area contributed by atoms with Crippen LogP contribution in [0.5, 0.6) is 0 Å². The van der Waals surface area contributed by atoms with E-state index in [1.165, 1.54) is 19.2 Å². The van der Waals surface area contributed by atoms with Crippen LogP contribution >= 0.6 is 11.6 Å². The predicted molar refractivity (Wildman–Crippen MR) is 70.8 cm³/mol. The molecule has 0 aromatic heterocycles. The lowest BCUT2D eigenvalue weighted by Gasteiger charge is -2.12. The Bertz CT molecular complexity index is 587. The van der Waals surface area contributed by atoms with Gasteiger partial charge in [-0.25, -0.2) is 8.42 Å². The summed E-state index contributed by atoms with van der Waals surface area (Å²) >= 11 is 5.92. The lowest BCUT2D eigenvalue weighted by atomic mass is 10.2. The van der Waals surface area contributed by atoms with Gasteiger partial charge in [0.2, 0.25) is 0 Å². The normalized spacial score (nSPS) is 23.3. The van der Waals surface area contributed by atoms with Gasteiger partial charge in [0.1, 0.15) is 6.04 Å². The minimum absolute atomic E-state index is 0.106. The molecule has 0 radical (unpaired) electrons. The molecule has 1 saturated heterocycles. The average Bonchev–Trinajstić information content (AvgIpc) is 2.88. The number of hydrogen-bond donors (Lipinski definition) is 1. The Labute approximate surface area is 116 Å². The summed E-state index contributed by atoms with van der Waals surface area (Å²) in [6.07, 6.45) is 0.195. The van der Waals surface area contributed by atoms with Gasteiger partial charge in [0.25, 0.3) is 0 Å². The van der Waals surface area contributed by atoms with Gasteiger partial charge in [0.15, 0.2) is 9.84 Å². The van der Waals surface area contributed by atoms with E-state index in [2.05, 4.69) is 10.1 Å². The minimum atomic E-state index is -3.55. The topological polar surface area (TPSA) is 72.5 Å². The van der Waals surface area contributed by atoms with Crippen LogP contribution < -0.4 is 5.32 Å². The van der Waals surface area contributed by atoms with Gasteiger partial charge in [-0.3, -0.25) is 4.79 Å². The molecule has 0 spiro atoms. The molecule has 1 fully saturated rings. The largest absolute Gasteiger partial charge is 0.468 e. The number of sulfone groups is 1. The second-order valence-electron chi connectivity index (χ2n) is 4.32. The fourth-order valence-electron chi connectivity index (χ4n) is 2.12. The highest BCUT2D eigenvalue weighted by atomic mass is 35.5. The van der Waals surface area contributed by atoms with Gasteiger partial charge in [-0.1, -0.05) is 23.7 Å². The lowest BCUT2D eigenvalue weighted by Crippen LogP contribution is -2.31. The van der Waals surface area contributed by atoms with Crippen molar-refractivity contribution < 1.29 is 17.9 Å². The number of benzene rings is 1. The Morgan fingerprint density at radius 1 is 1.42 bits per heavy atom. The van der Waals surface area contributed by atoms with Crippen molar-refractivity contribution in [3.05, 3.63) is 29.3 Å². The maximum Gasteiger partial charge on any atom is 0.322 e. The molecule has 1 unspecified atom stereocenters. The maximum absolute atomic E-state index is 12.4. The molecule has 0 saturated carbocycles. The third-order valence-electron chi connectivity index (χ3n) is 3.16. The Morgan fingerprint density at radius 3 is 2.74 bits per heavy atom. The zero-order chi connectivity index (χ0) is 14.0. The summed E-state index contributed by atoms with van der Waals surface area (Å²) in [7, 11) is -2.27. The van der Waals surface area contributed by atoms with Crippen molar-refractivity contribution in [2.24, 2.45) is 0 Å². The van der Waals surface area contributed by atoms with Gasteiger partial charge >= 0.3 is 5.97 Å². The first-order chi connectivity index (χ1) is 8.96. The molecular formula is C12H14ClNO4S. The van der Waals surface area contributed by atoms with E-state index in [1.807, 2.05) is 0 Å². The molecule has 19 heavy (non-hydrogen) atoms. The molecule has 0 bridgehead atoms. The molecule has 0 amide bonds. The van der Waals surface area contributed by atoms with Gasteiger partial charge in [-0.2, -0.15) is 0 Å². The first kappa shape index (κ1) is 14.3. The zero-order valence-electron chi connectivity index (χ0n) is 10.3. The molecule has 1 aliphatic rings. The van der Waals surface area contributed by atoms with Crippen molar-refractivity contribution in [1.29, 1.82) is 0 Å². The second-order valence-corrected chi connectivity index (χ2v) is 6.92. The zero-order valence-corrected chi connectivity index (χ0v) is 11.9. The number of nitrogens with one attached hydrogen (secondary N) is 1. The van der Waals surface area contributed by atoms with Crippen LogP contribution in [0, 0.1) is 0 Å². The fourth-order valence-corrected chi connectivity index (χ4v) is 4.30. The van der Waals surface area contributed by atoms with E-state index in [0.29, 0.717) is 0 Å². The summed E-state index contributed by atoms with van der Waals surface area (Å²) in [4.78, 5) is 11.5. The van der Waals surface area contributed by atoms with E-state index >= 15 is 0 Å². The van der Waals surface area contributed by atoms with Crippen molar-refractivity contribution in [2.75, 3.05) is 13.7 Å². The molecule has 1 N–H and O–H groups in total. The van der Waals surface area contributed by atoms with Crippen molar-refractivity contribution in [3.8, 4) is 0 Å². The van der Waals surface area contributed by atoms with E-state index in [1.54, 1.807) is 12.1 Å². The number of ether oxygens (including phenoxy) is 1. The molecule has 104 valence electrons. The Balaban J connectivity index is 2.24. The molecule has 7 heteroatoms. The van der Waals surface area contributed by atoms with Crippen LogP contribution in [0.25, 0.3) is 0 Å². The van der Waals surface area contributed by atoms with Crippen LogP contribution in [0.3, 0.4) is 0 Å². The van der Waals surface area contributed by atoms with Crippen LogP contribution in [0.2, 0.25) is 5.02 Å². The van der Waals surface area contributed by atoms with Crippen molar-refractivity contribution in [2.45, 2.75) is 22.6 Å². The number of rotatable bonds is 3. The third kappa shape index (κ3) is 2.75. The molecule has 1 aliphatic heterocycles. The number of carbonyl (C=O) groups excluding carboxylic acids is 1. The highest BCUT2D eigenvalue weighted by Gasteiger charge is 2.39. The monoisotopic (exact) mass is 303 g/mol. The highest BCUT2D eigenvalue weighted by molar-refractivity contribution is 7.92. The fraction of sp³-hybridized carbons (Fsp3) is 0.417. The number of methoxy groups -OCH3 is 1. The van der Waals surface area contributed by atoms with Crippen LogP contribution in [-0.4, -0.2) is 39.3 Å². The highest BCUT2D eigenvalue weighted by Crippen LogP contribution is 2.28. The average molecular weight is 304 g/mol. The van der Waals surface area contributed by atoms with Gasteiger partial charge in [-0.15, -0.1) is 0 Å². The van der Waals surface area contributed by atoms with Gasteiger partial charge in [0.05, 0.1) is 22.3 Å². The maximum atomic E-state index is 12.4. The van der Waals surface area contributed by atoms with Crippen molar-refractivity contribution in [1.82, 2.24) is 5.32 Å². The quantitative estimate of drug-likeness (QED) is 0.844. The number of esters is 1. The molecule has 0 aliphatic carbocycles. The smallest absolute Gasteiger partial charge is 0.322 e. The van der Waals surface area contributed by atoms with E-state index in [4.69, 9.17) is 11.6 Å². The van der Waals surface area contributed by atoms with E-state index < -0.39 is 27.1 Å². The number of halogens is 1. The molecule has 1 aromatic carbocycles. The molecule has 1 heterocycles. The first-order valence-corrected chi connectivity index (χ1v) is 7.69. The molecule has 2 rings (SSSR count). The van der Waals surface area contributed by atoms with Gasteiger partial charge < -0.3 is 10.1 Å². The lowest BCUT2D eigenvalue weighted by molar-refractivity contribution is -0.142. The van der Waals surface area contributed by atoms with Crippen LogP contribution in [-0.2, 0) is 19.4 Å². The molecule has 1 aromatic rings. The summed E-state index contributed by atoms with van der Waals surface area (Å²) in [6.45, 7) is 0.216. The van der Waals surface area contributed by atoms with Crippen molar-refractivity contribution >= 4 is 27.4 Å². The Kier molecular flexibility index (Phi) is 4.13. The third-order valence-corrected chi connectivity index (χ3v) is 5.81. The molecular weight excluding hydrogens is 290 g/mol. The van der Waals surface area contributed by atoms with Gasteiger partial charge in [0, 0.05) is 6.54 Å². The molecule has 2 atom stereocenters. The summed E-state index contributed by atoms with van der Waals surface area (Å²) in [5.41, 5.74) is 0. The number of hydrogen-bond acceptors (Lipinski definition) is 5. The summed E-state index contributed by atoms with van der Waals surface area (Å²) in [6, 6.07) is 5.73. The number of carbonyl (C=O) groups is 1. The van der Waals surface area contributed by atoms with Crippen LogP contribution in [0.4, 0.5) is 0 Å². The predicted octanol–water partition coefficient (Wildman–Crippen LogP) is 1.02. The Morgan fingerprint density at radius 2 is 2.11 bits per heavy atom. The van der Waals surface area contributed by atoms with Crippen LogP contribution in [0.15, 0.2) is 29.2 Å². The van der Waals surface area contributed by atoms with Crippen LogP contribution in [0.1, 0.15) is 6.42 Å². The Hall–Kier alpha value is -1.11. The summed E-state index contributed by atoms with van der Waals surface area (Å²) in [5.74, 6) is -0.447.